The smallest absolute Gasteiger partial charge is 0.387 e. The molecule has 0 bridgehead atoms. The molecule has 1 saturated heterocycles. The predicted octanol–water partition coefficient (Wildman–Crippen LogP) is 4.00. The van der Waals surface area contributed by atoms with Crippen LogP contribution < -0.4 is 0 Å². The number of aliphatic hydroxyl groups is 1. The third kappa shape index (κ3) is 4.45. The van der Waals surface area contributed by atoms with Crippen LogP contribution in [0.5, 0.6) is 0 Å². The molecule has 0 aliphatic carbocycles. The van der Waals surface area contributed by atoms with Gasteiger partial charge in [-0.1, -0.05) is 25.0 Å². The van der Waals surface area contributed by atoms with E-state index in [9.17, 15) is 18.3 Å². The number of benzene rings is 1. The molecule has 2 atom stereocenters. The average molecular weight is 301 g/mol. The number of hydrogen-bond donors (Lipinski definition) is 1. The standard InChI is InChI=1S/C16H22F3NO/c1-12-6-3-2-4-9-20(12)11-15(21)13-7-5-8-14(10-13)16(17,18)19/h5,7-8,10,12,15,21H,2-4,6,9,11H2,1H3. The van der Waals surface area contributed by atoms with Gasteiger partial charge < -0.3 is 5.11 Å². The van der Waals surface area contributed by atoms with E-state index in [4.69, 9.17) is 0 Å². The summed E-state index contributed by atoms with van der Waals surface area (Å²) in [6, 6.07) is 5.36. The fourth-order valence-electron chi connectivity index (χ4n) is 2.86. The zero-order chi connectivity index (χ0) is 15.5. The third-order valence-corrected chi connectivity index (χ3v) is 4.20. The van der Waals surface area contributed by atoms with Gasteiger partial charge in [-0.05, 0) is 44.0 Å². The van der Waals surface area contributed by atoms with Crippen molar-refractivity contribution in [3.63, 3.8) is 0 Å². The molecule has 2 nitrogen and oxygen atoms in total. The Hall–Kier alpha value is -1.07. The highest BCUT2D eigenvalue weighted by Crippen LogP contribution is 2.31. The highest BCUT2D eigenvalue weighted by molar-refractivity contribution is 5.27. The van der Waals surface area contributed by atoms with E-state index in [2.05, 4.69) is 11.8 Å². The van der Waals surface area contributed by atoms with Crippen LogP contribution in [-0.4, -0.2) is 29.1 Å². The molecule has 0 saturated carbocycles. The molecular weight excluding hydrogens is 279 g/mol. The van der Waals surface area contributed by atoms with Crippen molar-refractivity contribution in [2.24, 2.45) is 0 Å². The molecule has 2 rings (SSSR count). The number of halogens is 3. The lowest BCUT2D eigenvalue weighted by Gasteiger charge is -2.29. The lowest BCUT2D eigenvalue weighted by Crippen LogP contribution is -2.36. The molecular formula is C16H22F3NO. The zero-order valence-corrected chi connectivity index (χ0v) is 12.2. The van der Waals surface area contributed by atoms with Gasteiger partial charge in [-0.3, -0.25) is 4.90 Å². The Kier molecular flexibility index (Phi) is 5.27. The van der Waals surface area contributed by atoms with Crippen LogP contribution in [0.3, 0.4) is 0 Å². The van der Waals surface area contributed by atoms with Crippen molar-refractivity contribution in [1.82, 2.24) is 4.90 Å². The molecule has 0 spiro atoms. The van der Waals surface area contributed by atoms with Crippen molar-refractivity contribution >= 4 is 0 Å². The molecule has 2 unspecified atom stereocenters. The van der Waals surface area contributed by atoms with E-state index in [0.717, 1.165) is 31.5 Å². The van der Waals surface area contributed by atoms with Gasteiger partial charge in [0, 0.05) is 12.6 Å². The monoisotopic (exact) mass is 301 g/mol. The Labute approximate surface area is 123 Å². The van der Waals surface area contributed by atoms with Crippen molar-refractivity contribution in [1.29, 1.82) is 0 Å². The molecule has 1 aromatic carbocycles. The van der Waals surface area contributed by atoms with Crippen LogP contribution in [0.4, 0.5) is 13.2 Å². The van der Waals surface area contributed by atoms with E-state index in [0.29, 0.717) is 18.2 Å². The van der Waals surface area contributed by atoms with Crippen LogP contribution in [0.1, 0.15) is 49.8 Å². The second-order valence-electron chi connectivity index (χ2n) is 5.83. The molecule has 21 heavy (non-hydrogen) atoms. The third-order valence-electron chi connectivity index (χ3n) is 4.20. The van der Waals surface area contributed by atoms with Gasteiger partial charge in [0.1, 0.15) is 0 Å². The second-order valence-corrected chi connectivity index (χ2v) is 5.83. The SMILES string of the molecule is CC1CCCCCN1CC(O)c1cccc(C(F)(F)F)c1. The summed E-state index contributed by atoms with van der Waals surface area (Å²) in [7, 11) is 0. The van der Waals surface area contributed by atoms with E-state index in [1.807, 2.05) is 0 Å². The number of β-amino-alcohol motifs (C(OH)–C–C–N with tert-alkyl or cyclic N) is 1. The highest BCUT2D eigenvalue weighted by atomic mass is 19.4. The van der Waals surface area contributed by atoms with Crippen LogP contribution >= 0.6 is 0 Å². The Balaban J connectivity index is 2.07. The molecule has 1 aliphatic rings. The van der Waals surface area contributed by atoms with Gasteiger partial charge in [0.25, 0.3) is 0 Å². The molecule has 5 heteroatoms. The number of alkyl halides is 3. The summed E-state index contributed by atoms with van der Waals surface area (Å²) >= 11 is 0. The number of hydrogen-bond acceptors (Lipinski definition) is 2. The van der Waals surface area contributed by atoms with E-state index < -0.39 is 17.8 Å². The second kappa shape index (κ2) is 6.79. The van der Waals surface area contributed by atoms with Crippen molar-refractivity contribution in [3.05, 3.63) is 35.4 Å². The first-order chi connectivity index (χ1) is 9.88. The summed E-state index contributed by atoms with van der Waals surface area (Å²) < 4.78 is 38.1. The Morgan fingerprint density at radius 3 is 2.76 bits per heavy atom. The Morgan fingerprint density at radius 2 is 2.05 bits per heavy atom. The zero-order valence-electron chi connectivity index (χ0n) is 12.2. The van der Waals surface area contributed by atoms with Crippen LogP contribution in [0.25, 0.3) is 0 Å². The van der Waals surface area contributed by atoms with E-state index in [1.54, 1.807) is 6.07 Å². The first-order valence-corrected chi connectivity index (χ1v) is 7.47. The summed E-state index contributed by atoms with van der Waals surface area (Å²) in [5, 5.41) is 10.3. The summed E-state index contributed by atoms with van der Waals surface area (Å²) in [5.41, 5.74) is -0.371. The van der Waals surface area contributed by atoms with E-state index >= 15 is 0 Å². The van der Waals surface area contributed by atoms with Gasteiger partial charge in [0.2, 0.25) is 0 Å². The average Bonchev–Trinajstić information content (AvgIpc) is 2.63. The van der Waals surface area contributed by atoms with Crippen molar-refractivity contribution in [3.8, 4) is 0 Å². The lowest BCUT2D eigenvalue weighted by molar-refractivity contribution is -0.137. The van der Waals surface area contributed by atoms with Crippen LogP contribution in [0, 0.1) is 0 Å². The topological polar surface area (TPSA) is 23.5 Å². The molecule has 1 fully saturated rings. The van der Waals surface area contributed by atoms with Crippen molar-refractivity contribution in [2.75, 3.05) is 13.1 Å². The summed E-state index contributed by atoms with van der Waals surface area (Å²) in [6.07, 6.45) is -0.730. The fraction of sp³-hybridized carbons (Fsp3) is 0.625. The molecule has 1 aliphatic heterocycles. The van der Waals surface area contributed by atoms with E-state index in [-0.39, 0.29) is 0 Å². The number of rotatable bonds is 3. The lowest BCUT2D eigenvalue weighted by atomic mass is 10.0. The minimum absolute atomic E-state index is 0.335. The van der Waals surface area contributed by atoms with Crippen LogP contribution in [-0.2, 0) is 6.18 Å². The number of nitrogens with zero attached hydrogens (tertiary/aromatic N) is 1. The maximum atomic E-state index is 12.7. The van der Waals surface area contributed by atoms with Crippen molar-refractivity contribution in [2.45, 2.75) is 50.9 Å². The van der Waals surface area contributed by atoms with Crippen molar-refractivity contribution < 1.29 is 18.3 Å². The van der Waals surface area contributed by atoms with Gasteiger partial charge in [-0.2, -0.15) is 13.2 Å². The van der Waals surface area contributed by atoms with Crippen LogP contribution in [0.15, 0.2) is 24.3 Å². The largest absolute Gasteiger partial charge is 0.416 e. The Morgan fingerprint density at radius 1 is 1.29 bits per heavy atom. The molecule has 0 radical (unpaired) electrons. The molecule has 0 amide bonds. The summed E-state index contributed by atoms with van der Waals surface area (Å²) in [4.78, 5) is 2.18. The maximum absolute atomic E-state index is 12.7. The quantitative estimate of drug-likeness (QED) is 0.912. The minimum Gasteiger partial charge on any atom is -0.387 e. The van der Waals surface area contributed by atoms with Gasteiger partial charge in [0.05, 0.1) is 11.7 Å². The maximum Gasteiger partial charge on any atom is 0.416 e. The van der Waals surface area contributed by atoms with Gasteiger partial charge in [-0.15, -0.1) is 0 Å². The first kappa shape index (κ1) is 16.3. The molecule has 1 aromatic rings. The number of likely N-dealkylation sites (tertiary alicyclic amines) is 1. The summed E-state index contributed by atoms with van der Waals surface area (Å²) in [5.74, 6) is 0. The molecule has 1 N–H and O–H groups in total. The van der Waals surface area contributed by atoms with Crippen LogP contribution in [0.2, 0.25) is 0 Å². The molecule has 118 valence electrons. The number of aliphatic hydroxyl groups excluding tert-OH is 1. The highest BCUT2D eigenvalue weighted by Gasteiger charge is 2.31. The predicted molar refractivity (Wildman–Crippen MR) is 75.9 cm³/mol. The first-order valence-electron chi connectivity index (χ1n) is 7.47. The molecule has 1 heterocycles. The van der Waals surface area contributed by atoms with Gasteiger partial charge in [-0.25, -0.2) is 0 Å². The van der Waals surface area contributed by atoms with E-state index in [1.165, 1.54) is 18.9 Å². The fourth-order valence-corrected chi connectivity index (χ4v) is 2.86. The van der Waals surface area contributed by atoms with Gasteiger partial charge in [0.15, 0.2) is 0 Å². The Bertz CT molecular complexity index is 461. The normalized spacial score (nSPS) is 22.8. The molecule has 0 aromatic heterocycles. The minimum atomic E-state index is -4.37. The van der Waals surface area contributed by atoms with Gasteiger partial charge >= 0.3 is 6.18 Å². The summed E-state index contributed by atoms with van der Waals surface area (Å²) in [6.45, 7) is 3.41.